The van der Waals surface area contributed by atoms with Gasteiger partial charge in [-0.2, -0.15) is 4.73 Å². The summed E-state index contributed by atoms with van der Waals surface area (Å²) in [4.78, 5) is 19.5. The van der Waals surface area contributed by atoms with Gasteiger partial charge in [-0.3, -0.25) is 0 Å². The van der Waals surface area contributed by atoms with Crippen LogP contribution in [0.25, 0.3) is 0 Å². The van der Waals surface area contributed by atoms with Gasteiger partial charge in [-0.15, -0.1) is 0 Å². The highest BCUT2D eigenvalue weighted by molar-refractivity contribution is 5.76. The molecule has 0 aromatic carbocycles. The van der Waals surface area contributed by atoms with Gasteiger partial charge in [0.25, 0.3) is 0 Å². The van der Waals surface area contributed by atoms with E-state index in [9.17, 15) is 4.79 Å². The number of aromatic nitrogens is 2. The van der Waals surface area contributed by atoms with E-state index in [0.29, 0.717) is 0 Å². The van der Waals surface area contributed by atoms with Gasteiger partial charge in [-0.1, -0.05) is 0 Å². The zero-order valence-electron chi connectivity index (χ0n) is 7.12. The van der Waals surface area contributed by atoms with Crippen LogP contribution < -0.4 is 10.6 Å². The highest BCUT2D eigenvalue weighted by Gasteiger charge is 2.21. The van der Waals surface area contributed by atoms with E-state index in [2.05, 4.69) is 4.98 Å². The monoisotopic (exact) mass is 185 g/mol. The van der Waals surface area contributed by atoms with Crippen LogP contribution in [0.1, 0.15) is 6.92 Å². The molecule has 1 heterocycles. The Bertz CT molecular complexity index is 271. The predicted octanol–water partition coefficient (Wildman–Crippen LogP) is -1.45. The number of carbonyl (C=O) groups excluding carboxylic acids is 1. The molecule has 0 saturated heterocycles. The Hall–Kier alpha value is -1.40. The summed E-state index contributed by atoms with van der Waals surface area (Å²) in [5.41, 5.74) is 5.32. The molecule has 0 saturated carbocycles. The summed E-state index contributed by atoms with van der Waals surface area (Å²) in [5, 5.41) is 8.97. The van der Waals surface area contributed by atoms with Crippen molar-refractivity contribution in [1.82, 2.24) is 9.71 Å². The third-order valence-electron chi connectivity index (χ3n) is 1.47. The lowest BCUT2D eigenvalue weighted by atomic mass is 10.2. The first-order valence-corrected chi connectivity index (χ1v) is 3.75. The Morgan fingerprint density at radius 3 is 2.92 bits per heavy atom. The smallest absolute Gasteiger partial charge is 0.352 e. The van der Waals surface area contributed by atoms with Gasteiger partial charge >= 0.3 is 5.97 Å². The van der Waals surface area contributed by atoms with Crippen LogP contribution in [0.15, 0.2) is 18.7 Å². The average Bonchev–Trinajstić information content (AvgIpc) is 2.55. The molecule has 3 N–H and O–H groups in total. The van der Waals surface area contributed by atoms with Crippen molar-refractivity contribution in [2.45, 2.75) is 19.1 Å². The standard InChI is InChI=1S/C7H11N3O3/c1-5(11)6(8)7(12)13-10-3-2-9-4-10/h2-6,11H,8H2,1H3/t5-,6+/m1/s1. The zero-order chi connectivity index (χ0) is 9.84. The molecule has 0 fully saturated rings. The van der Waals surface area contributed by atoms with Crippen LogP contribution >= 0.6 is 0 Å². The normalized spacial score (nSPS) is 15.0. The van der Waals surface area contributed by atoms with E-state index in [1.165, 1.54) is 25.6 Å². The lowest BCUT2D eigenvalue weighted by molar-refractivity contribution is -0.148. The lowest BCUT2D eigenvalue weighted by Gasteiger charge is -2.12. The van der Waals surface area contributed by atoms with Crippen LogP contribution in [0.2, 0.25) is 0 Å². The fourth-order valence-electron chi connectivity index (χ4n) is 0.663. The van der Waals surface area contributed by atoms with Crippen LogP contribution in [0.4, 0.5) is 0 Å². The van der Waals surface area contributed by atoms with Gasteiger partial charge in [0, 0.05) is 6.20 Å². The number of aliphatic hydroxyl groups is 1. The van der Waals surface area contributed by atoms with Crippen molar-refractivity contribution in [3.63, 3.8) is 0 Å². The van der Waals surface area contributed by atoms with E-state index in [0.717, 1.165) is 4.73 Å². The summed E-state index contributed by atoms with van der Waals surface area (Å²) < 4.78 is 1.12. The first-order valence-electron chi connectivity index (χ1n) is 3.75. The molecule has 0 radical (unpaired) electrons. The number of imidazole rings is 1. The SMILES string of the molecule is C[C@@H](O)[C@H](N)C(=O)On1ccnc1. The quantitative estimate of drug-likeness (QED) is 0.601. The maximum atomic E-state index is 11.1. The molecule has 1 aromatic heterocycles. The van der Waals surface area contributed by atoms with E-state index in [1.807, 2.05) is 0 Å². The first kappa shape index (κ1) is 9.69. The first-order chi connectivity index (χ1) is 6.11. The van der Waals surface area contributed by atoms with Gasteiger partial charge < -0.3 is 15.7 Å². The number of rotatable bonds is 3. The van der Waals surface area contributed by atoms with Crippen molar-refractivity contribution >= 4 is 5.97 Å². The minimum atomic E-state index is -1.04. The predicted molar refractivity (Wildman–Crippen MR) is 43.5 cm³/mol. The van der Waals surface area contributed by atoms with Crippen LogP contribution in [-0.2, 0) is 4.79 Å². The molecule has 0 aliphatic carbocycles. The van der Waals surface area contributed by atoms with E-state index in [1.54, 1.807) is 0 Å². The van der Waals surface area contributed by atoms with Gasteiger partial charge in [-0.05, 0) is 6.92 Å². The van der Waals surface area contributed by atoms with Gasteiger partial charge in [0.05, 0.1) is 12.3 Å². The van der Waals surface area contributed by atoms with Crippen molar-refractivity contribution in [3.05, 3.63) is 18.7 Å². The molecule has 2 atom stereocenters. The van der Waals surface area contributed by atoms with Gasteiger partial charge in [0.15, 0.2) is 0 Å². The fraction of sp³-hybridized carbons (Fsp3) is 0.429. The Balaban J connectivity index is 2.51. The highest BCUT2D eigenvalue weighted by Crippen LogP contribution is 1.90. The molecular weight excluding hydrogens is 174 g/mol. The second-order valence-corrected chi connectivity index (χ2v) is 2.60. The number of hydrogen-bond acceptors (Lipinski definition) is 5. The molecule has 1 aromatic rings. The molecule has 6 heteroatoms. The number of nitrogens with zero attached hydrogens (tertiary/aromatic N) is 2. The maximum Gasteiger partial charge on any atom is 0.352 e. The fourth-order valence-corrected chi connectivity index (χ4v) is 0.663. The van der Waals surface area contributed by atoms with Crippen LogP contribution in [0.5, 0.6) is 0 Å². The Morgan fingerprint density at radius 1 is 1.77 bits per heavy atom. The molecule has 72 valence electrons. The molecule has 0 bridgehead atoms. The lowest BCUT2D eigenvalue weighted by Crippen LogP contribution is -2.44. The molecule has 6 nitrogen and oxygen atoms in total. The minimum Gasteiger partial charge on any atom is -0.391 e. The third-order valence-corrected chi connectivity index (χ3v) is 1.47. The number of carbonyl (C=O) groups is 1. The van der Waals surface area contributed by atoms with Gasteiger partial charge in [0.2, 0.25) is 0 Å². The largest absolute Gasteiger partial charge is 0.391 e. The number of aliphatic hydroxyl groups excluding tert-OH is 1. The summed E-state index contributed by atoms with van der Waals surface area (Å²) in [6, 6.07) is -1.04. The Morgan fingerprint density at radius 2 is 2.46 bits per heavy atom. The van der Waals surface area contributed by atoms with Crippen molar-refractivity contribution in [2.75, 3.05) is 0 Å². The second kappa shape index (κ2) is 4.01. The zero-order valence-corrected chi connectivity index (χ0v) is 7.12. The second-order valence-electron chi connectivity index (χ2n) is 2.60. The molecule has 0 aliphatic heterocycles. The Kier molecular flexibility index (Phi) is 2.99. The van der Waals surface area contributed by atoms with E-state index >= 15 is 0 Å². The van der Waals surface area contributed by atoms with E-state index in [-0.39, 0.29) is 0 Å². The summed E-state index contributed by atoms with van der Waals surface area (Å²) in [6.45, 7) is 1.42. The van der Waals surface area contributed by atoms with Crippen molar-refractivity contribution < 1.29 is 14.7 Å². The third kappa shape index (κ3) is 2.53. The molecule has 13 heavy (non-hydrogen) atoms. The molecular formula is C7H11N3O3. The highest BCUT2D eigenvalue weighted by atomic mass is 16.7. The molecule has 0 unspecified atom stereocenters. The summed E-state index contributed by atoms with van der Waals surface area (Å²) in [5.74, 6) is -0.701. The minimum absolute atomic E-state index is 0.701. The van der Waals surface area contributed by atoms with E-state index < -0.39 is 18.1 Å². The molecule has 0 spiro atoms. The topological polar surface area (TPSA) is 90.4 Å². The van der Waals surface area contributed by atoms with Crippen molar-refractivity contribution in [3.8, 4) is 0 Å². The molecule has 1 rings (SSSR count). The van der Waals surface area contributed by atoms with Crippen LogP contribution in [-0.4, -0.2) is 32.9 Å². The van der Waals surface area contributed by atoms with Crippen LogP contribution in [0.3, 0.4) is 0 Å². The van der Waals surface area contributed by atoms with E-state index in [4.69, 9.17) is 15.7 Å². The van der Waals surface area contributed by atoms with Crippen LogP contribution in [0, 0.1) is 0 Å². The molecule has 0 amide bonds. The summed E-state index contributed by atoms with van der Waals surface area (Å²) in [7, 11) is 0. The van der Waals surface area contributed by atoms with Gasteiger partial charge in [0.1, 0.15) is 12.4 Å². The number of hydrogen-bond donors (Lipinski definition) is 2. The number of nitrogens with two attached hydrogens (primary N) is 1. The summed E-state index contributed by atoms with van der Waals surface area (Å²) >= 11 is 0. The van der Waals surface area contributed by atoms with Crippen molar-refractivity contribution in [1.29, 1.82) is 0 Å². The van der Waals surface area contributed by atoms with Crippen molar-refractivity contribution in [2.24, 2.45) is 5.73 Å². The molecule has 0 aliphatic rings. The Labute approximate surface area is 74.9 Å². The maximum absolute atomic E-state index is 11.1. The average molecular weight is 185 g/mol. The van der Waals surface area contributed by atoms with Gasteiger partial charge in [-0.25, -0.2) is 9.78 Å². The summed E-state index contributed by atoms with van der Waals surface area (Å²) in [6.07, 6.45) is 3.29.